The molecule has 6 N–H and O–H groups in total. The number of H-pyrrole nitrogens is 1. The van der Waals surface area contributed by atoms with Crippen molar-refractivity contribution in [2.75, 3.05) is 6.54 Å². The third-order valence-corrected chi connectivity index (χ3v) is 2.89. The molecule has 2 amide bonds. The summed E-state index contributed by atoms with van der Waals surface area (Å²) in [6, 6.07) is 1.61. The minimum absolute atomic E-state index is 0.0197. The van der Waals surface area contributed by atoms with Gasteiger partial charge in [-0.05, 0) is 28.1 Å². The van der Waals surface area contributed by atoms with Gasteiger partial charge in [0.25, 0.3) is 11.8 Å². The van der Waals surface area contributed by atoms with Crippen molar-refractivity contribution in [1.82, 2.24) is 15.6 Å². The highest BCUT2D eigenvalue weighted by Crippen LogP contribution is 2.10. The van der Waals surface area contributed by atoms with E-state index in [1.807, 2.05) is 0 Å². The van der Waals surface area contributed by atoms with Gasteiger partial charge in [-0.3, -0.25) is 14.9 Å². The largest absolute Gasteiger partial charge is 0.387 e. The van der Waals surface area contributed by atoms with E-state index in [2.05, 4.69) is 36.5 Å². The molecule has 2 heterocycles. The van der Waals surface area contributed by atoms with Crippen molar-refractivity contribution in [3.05, 3.63) is 34.2 Å². The summed E-state index contributed by atoms with van der Waals surface area (Å²) in [6.45, 7) is -0.0539. The van der Waals surface area contributed by atoms with Crippen molar-refractivity contribution in [2.24, 2.45) is 10.7 Å². The van der Waals surface area contributed by atoms with E-state index in [-0.39, 0.29) is 24.1 Å². The first-order valence-electron chi connectivity index (χ1n) is 5.63. The third-order valence-electron chi connectivity index (χ3n) is 2.43. The Morgan fingerprint density at radius 3 is 2.95 bits per heavy atom. The smallest absolute Gasteiger partial charge is 0.276 e. The van der Waals surface area contributed by atoms with E-state index in [9.17, 15) is 14.7 Å². The molecule has 8 nitrogen and oxygen atoms in total. The summed E-state index contributed by atoms with van der Waals surface area (Å²) in [5.74, 6) is -0.873. The van der Waals surface area contributed by atoms with Crippen LogP contribution in [0.4, 0.5) is 0 Å². The van der Waals surface area contributed by atoms with Crippen LogP contribution in [0.25, 0.3) is 0 Å². The number of rotatable bonds is 4. The van der Waals surface area contributed by atoms with Gasteiger partial charge in [-0.15, -0.1) is 0 Å². The number of halogens is 1. The van der Waals surface area contributed by atoms with Gasteiger partial charge >= 0.3 is 0 Å². The predicted octanol–water partition coefficient (Wildman–Crippen LogP) is -0.804. The quantitative estimate of drug-likeness (QED) is 0.458. The summed E-state index contributed by atoms with van der Waals surface area (Å²) in [7, 11) is 0. The number of hydrogen-bond donors (Lipinski definition) is 5. The molecule has 1 aliphatic heterocycles. The van der Waals surface area contributed by atoms with Gasteiger partial charge in [-0.1, -0.05) is 0 Å². The average molecular weight is 342 g/mol. The Hall–Kier alpha value is -2.13. The summed E-state index contributed by atoms with van der Waals surface area (Å²) >= 11 is 3.21. The Balaban J connectivity index is 1.90. The molecule has 0 radical (unpaired) electrons. The maximum Gasteiger partial charge on any atom is 0.276 e. The van der Waals surface area contributed by atoms with E-state index in [1.54, 1.807) is 12.3 Å². The number of aromatic amines is 1. The molecule has 1 aromatic heterocycles. The summed E-state index contributed by atoms with van der Waals surface area (Å²) in [4.78, 5) is 29.5. The monoisotopic (exact) mass is 341 g/mol. The summed E-state index contributed by atoms with van der Waals surface area (Å²) in [6.07, 6.45) is 1.79. The Bertz CT molecular complexity index is 607. The van der Waals surface area contributed by atoms with Crippen LogP contribution >= 0.6 is 15.9 Å². The van der Waals surface area contributed by atoms with Crippen LogP contribution in [0, 0.1) is 0 Å². The van der Waals surface area contributed by atoms with E-state index >= 15 is 0 Å². The molecule has 0 aromatic carbocycles. The lowest BCUT2D eigenvalue weighted by Crippen LogP contribution is -2.32. The van der Waals surface area contributed by atoms with Gasteiger partial charge in [0.1, 0.15) is 11.4 Å². The number of amides is 2. The van der Waals surface area contributed by atoms with Crippen molar-refractivity contribution < 1.29 is 14.7 Å². The van der Waals surface area contributed by atoms with Crippen LogP contribution in [-0.2, 0) is 4.79 Å². The first-order chi connectivity index (χ1) is 9.45. The van der Waals surface area contributed by atoms with Crippen molar-refractivity contribution >= 4 is 33.7 Å². The van der Waals surface area contributed by atoms with Crippen LogP contribution in [0.2, 0.25) is 0 Å². The maximum atomic E-state index is 11.7. The standard InChI is InChI=1S/C11H12BrN5O3/c12-5-1-7(14-3-5)9(19)15-4-6(18)2-8-10(20)17-11(13)16-8/h1-3,6,14,18H,4H2,(H,15,19)(H3,13,16,17,20)/b8-2+. The molecule has 106 valence electrons. The van der Waals surface area contributed by atoms with Crippen LogP contribution < -0.4 is 16.4 Å². The zero-order valence-electron chi connectivity index (χ0n) is 10.2. The second kappa shape index (κ2) is 5.88. The van der Waals surface area contributed by atoms with Crippen molar-refractivity contribution in [1.29, 1.82) is 0 Å². The molecule has 2 rings (SSSR count). The highest BCUT2D eigenvalue weighted by atomic mass is 79.9. The number of carbonyl (C=O) groups is 2. The van der Waals surface area contributed by atoms with E-state index in [4.69, 9.17) is 5.73 Å². The molecular formula is C11H12BrN5O3. The highest BCUT2D eigenvalue weighted by molar-refractivity contribution is 9.10. The highest BCUT2D eigenvalue weighted by Gasteiger charge is 2.19. The number of aliphatic hydroxyl groups excluding tert-OH is 1. The molecule has 0 bridgehead atoms. The number of nitrogens with one attached hydrogen (secondary N) is 3. The normalized spacial score (nSPS) is 17.8. The maximum absolute atomic E-state index is 11.7. The molecule has 0 saturated carbocycles. The third kappa shape index (κ3) is 3.45. The van der Waals surface area contributed by atoms with Crippen LogP contribution in [-0.4, -0.2) is 40.5 Å². The lowest BCUT2D eigenvalue weighted by molar-refractivity contribution is -0.115. The molecule has 0 spiro atoms. The Morgan fingerprint density at radius 1 is 1.65 bits per heavy atom. The van der Waals surface area contributed by atoms with E-state index in [0.717, 1.165) is 4.47 Å². The summed E-state index contributed by atoms with van der Waals surface area (Å²) < 4.78 is 0.748. The minimum atomic E-state index is -1.05. The topological polar surface area (TPSA) is 133 Å². The Kier molecular flexibility index (Phi) is 4.20. The lowest BCUT2D eigenvalue weighted by Gasteiger charge is -2.07. The van der Waals surface area contributed by atoms with Gasteiger partial charge < -0.3 is 21.1 Å². The van der Waals surface area contributed by atoms with Crippen LogP contribution in [0.5, 0.6) is 0 Å². The molecule has 0 saturated heterocycles. The molecule has 1 atom stereocenters. The van der Waals surface area contributed by atoms with E-state index in [0.29, 0.717) is 5.69 Å². The average Bonchev–Trinajstić information content (AvgIpc) is 2.93. The molecule has 0 aliphatic carbocycles. The number of aliphatic imine (C=N–C) groups is 1. The predicted molar refractivity (Wildman–Crippen MR) is 74.7 cm³/mol. The number of aliphatic hydroxyl groups is 1. The molecule has 0 fully saturated rings. The van der Waals surface area contributed by atoms with Gasteiger partial charge in [0.15, 0.2) is 0 Å². The summed E-state index contributed by atoms with van der Waals surface area (Å²) in [5.41, 5.74) is 5.69. The van der Waals surface area contributed by atoms with E-state index < -0.39 is 12.0 Å². The number of nitrogens with zero attached hydrogens (tertiary/aromatic N) is 1. The molecule has 9 heteroatoms. The number of aromatic nitrogens is 1. The first-order valence-corrected chi connectivity index (χ1v) is 6.42. The number of hydrogen-bond acceptors (Lipinski definition) is 5. The van der Waals surface area contributed by atoms with Crippen molar-refractivity contribution in [3.63, 3.8) is 0 Å². The Morgan fingerprint density at radius 2 is 2.40 bits per heavy atom. The van der Waals surface area contributed by atoms with Crippen molar-refractivity contribution in [2.45, 2.75) is 6.10 Å². The SMILES string of the molecule is NC1=N/C(=C/C(O)CNC(=O)c2cc(Br)c[nH]2)C(=O)N1. The fourth-order valence-corrected chi connectivity index (χ4v) is 1.88. The lowest BCUT2D eigenvalue weighted by atomic mass is 10.2. The zero-order chi connectivity index (χ0) is 14.7. The number of nitrogens with two attached hydrogens (primary N) is 1. The zero-order valence-corrected chi connectivity index (χ0v) is 11.8. The van der Waals surface area contributed by atoms with Gasteiger partial charge in [0, 0.05) is 17.2 Å². The molecular weight excluding hydrogens is 330 g/mol. The number of carbonyl (C=O) groups excluding carboxylic acids is 2. The van der Waals surface area contributed by atoms with Gasteiger partial charge in [-0.25, -0.2) is 4.99 Å². The van der Waals surface area contributed by atoms with Crippen molar-refractivity contribution in [3.8, 4) is 0 Å². The van der Waals surface area contributed by atoms with E-state index in [1.165, 1.54) is 6.08 Å². The first kappa shape index (κ1) is 14.3. The summed E-state index contributed by atoms with van der Waals surface area (Å²) in [5, 5.41) is 14.5. The Labute approximate surface area is 122 Å². The molecule has 20 heavy (non-hydrogen) atoms. The second-order valence-electron chi connectivity index (χ2n) is 4.01. The fourth-order valence-electron chi connectivity index (χ4n) is 1.53. The minimum Gasteiger partial charge on any atom is -0.387 e. The van der Waals surface area contributed by atoms with Crippen LogP contribution in [0.3, 0.4) is 0 Å². The second-order valence-corrected chi connectivity index (χ2v) is 4.93. The molecule has 1 unspecified atom stereocenters. The van der Waals surface area contributed by atoms with Gasteiger partial charge in [-0.2, -0.15) is 0 Å². The van der Waals surface area contributed by atoms with Crippen LogP contribution in [0.1, 0.15) is 10.5 Å². The van der Waals surface area contributed by atoms with Gasteiger partial charge in [0.05, 0.1) is 6.10 Å². The molecule has 1 aliphatic rings. The number of guanidine groups is 1. The fraction of sp³-hybridized carbons (Fsp3) is 0.182. The van der Waals surface area contributed by atoms with Crippen LogP contribution in [0.15, 0.2) is 33.5 Å². The molecule has 1 aromatic rings. The van der Waals surface area contributed by atoms with Gasteiger partial charge in [0.2, 0.25) is 5.96 Å².